The molecule has 2 aromatic carbocycles. The molecule has 3 atom stereocenters. The summed E-state index contributed by atoms with van der Waals surface area (Å²) < 4.78 is 6.96. The molecule has 2 aliphatic heterocycles. The number of esters is 1. The van der Waals surface area contributed by atoms with E-state index in [1.807, 2.05) is 42.1 Å². The molecule has 3 aromatic rings. The topological polar surface area (TPSA) is 59.3 Å². The van der Waals surface area contributed by atoms with E-state index in [1.165, 1.54) is 25.6 Å². The summed E-state index contributed by atoms with van der Waals surface area (Å²) in [5.74, 6) is 0.448. The van der Waals surface area contributed by atoms with Crippen LogP contribution in [0.5, 0.6) is 0 Å². The van der Waals surface area contributed by atoms with E-state index in [9.17, 15) is 4.79 Å². The third-order valence-electron chi connectivity index (χ3n) is 8.51. The minimum Gasteiger partial charge on any atom is -0.465 e. The third kappa shape index (κ3) is 5.01. The standard InChI is InChI=1S/C30H34Cl2N4O3/c1-18-16-35(13-14-36(18)20-9-10-21-23(30(37)38-3)17-34(2)26(21)15-20)12-11-22-28(33-39-29(22)19-7-8-19)27-24(31)5-4-6-25(27)32/h4-6,9-10,15,17-19,22,29H,7-8,11-14,16H2,1-3H3. The Hall–Kier alpha value is -2.74. The van der Waals surface area contributed by atoms with Crippen LogP contribution in [0.4, 0.5) is 5.69 Å². The number of hydrogen-bond acceptors (Lipinski definition) is 6. The van der Waals surface area contributed by atoms with Crippen LogP contribution in [0.25, 0.3) is 10.9 Å². The van der Waals surface area contributed by atoms with Crippen molar-refractivity contribution in [2.45, 2.75) is 38.3 Å². The molecule has 1 aromatic heterocycles. The summed E-state index contributed by atoms with van der Waals surface area (Å²) in [7, 11) is 3.39. The van der Waals surface area contributed by atoms with Crippen LogP contribution in [0.1, 0.15) is 42.1 Å². The van der Waals surface area contributed by atoms with E-state index < -0.39 is 0 Å². The minimum atomic E-state index is -0.308. The van der Waals surface area contributed by atoms with Crippen molar-refractivity contribution in [2.24, 2.45) is 24.0 Å². The van der Waals surface area contributed by atoms with Crippen LogP contribution < -0.4 is 4.90 Å². The monoisotopic (exact) mass is 568 g/mol. The lowest BCUT2D eigenvalue weighted by Crippen LogP contribution is -2.52. The number of aromatic nitrogens is 1. The first kappa shape index (κ1) is 26.5. The maximum absolute atomic E-state index is 12.2. The van der Waals surface area contributed by atoms with Gasteiger partial charge in [0.05, 0.1) is 33.9 Å². The number of halogens is 2. The fourth-order valence-electron chi connectivity index (χ4n) is 6.29. The van der Waals surface area contributed by atoms with E-state index in [4.69, 9.17) is 32.8 Å². The van der Waals surface area contributed by atoms with E-state index in [-0.39, 0.29) is 18.0 Å². The number of aryl methyl sites for hydroxylation is 1. The number of benzene rings is 2. The molecular formula is C30H34Cl2N4O3. The molecule has 0 N–H and O–H groups in total. The van der Waals surface area contributed by atoms with Gasteiger partial charge in [0.15, 0.2) is 0 Å². The highest BCUT2D eigenvalue weighted by Crippen LogP contribution is 2.44. The van der Waals surface area contributed by atoms with Crippen LogP contribution in [0.15, 0.2) is 47.8 Å². The van der Waals surface area contributed by atoms with Gasteiger partial charge in [-0.2, -0.15) is 0 Å². The van der Waals surface area contributed by atoms with Gasteiger partial charge in [0, 0.05) is 61.5 Å². The van der Waals surface area contributed by atoms with E-state index >= 15 is 0 Å². The van der Waals surface area contributed by atoms with E-state index in [1.54, 1.807) is 0 Å². The Kier molecular flexibility index (Phi) is 7.25. The van der Waals surface area contributed by atoms with Gasteiger partial charge in [0.25, 0.3) is 0 Å². The highest BCUT2D eigenvalue weighted by atomic mass is 35.5. The maximum atomic E-state index is 12.2. The fraction of sp³-hybridized carbons (Fsp3) is 0.467. The second-order valence-corrected chi connectivity index (χ2v) is 11.9. The summed E-state index contributed by atoms with van der Waals surface area (Å²) in [5.41, 5.74) is 4.52. The molecule has 9 heteroatoms. The molecule has 3 aliphatic rings. The van der Waals surface area contributed by atoms with E-state index in [0.29, 0.717) is 27.6 Å². The molecule has 1 saturated heterocycles. The molecule has 0 amide bonds. The maximum Gasteiger partial charge on any atom is 0.340 e. The lowest BCUT2D eigenvalue weighted by atomic mass is 9.87. The number of oxime groups is 1. The molecular weight excluding hydrogens is 535 g/mol. The van der Waals surface area contributed by atoms with Gasteiger partial charge in [-0.25, -0.2) is 4.79 Å². The van der Waals surface area contributed by atoms with Gasteiger partial charge in [-0.1, -0.05) is 34.4 Å². The number of anilines is 1. The highest BCUT2D eigenvalue weighted by Gasteiger charge is 2.45. The second-order valence-electron chi connectivity index (χ2n) is 11.1. The van der Waals surface area contributed by atoms with Gasteiger partial charge in [-0.05, 0) is 69.0 Å². The molecule has 1 aliphatic carbocycles. The van der Waals surface area contributed by atoms with Gasteiger partial charge in [-0.3, -0.25) is 4.90 Å². The van der Waals surface area contributed by atoms with Gasteiger partial charge in [0.2, 0.25) is 0 Å². The van der Waals surface area contributed by atoms with Gasteiger partial charge >= 0.3 is 5.97 Å². The van der Waals surface area contributed by atoms with Crippen LogP contribution in [0, 0.1) is 11.8 Å². The van der Waals surface area contributed by atoms with Crippen molar-refractivity contribution in [3.8, 4) is 0 Å². The number of carbonyl (C=O) groups is 1. The zero-order valence-corrected chi connectivity index (χ0v) is 24.1. The summed E-state index contributed by atoms with van der Waals surface area (Å²) in [6.07, 6.45) is 5.31. The van der Waals surface area contributed by atoms with Gasteiger partial charge < -0.3 is 19.0 Å². The molecule has 7 nitrogen and oxygen atoms in total. The van der Waals surface area contributed by atoms with Crippen LogP contribution >= 0.6 is 23.2 Å². The van der Waals surface area contributed by atoms with E-state index in [2.05, 4.69) is 34.0 Å². The third-order valence-corrected chi connectivity index (χ3v) is 9.14. The van der Waals surface area contributed by atoms with Gasteiger partial charge in [0.1, 0.15) is 6.10 Å². The number of ether oxygens (including phenoxy) is 1. The van der Waals surface area contributed by atoms with Crippen LogP contribution in [0.3, 0.4) is 0 Å². The highest BCUT2D eigenvalue weighted by molar-refractivity contribution is 6.40. The predicted molar refractivity (Wildman–Crippen MR) is 156 cm³/mol. The molecule has 2 fully saturated rings. The normalized spacial score (nSPS) is 23.7. The summed E-state index contributed by atoms with van der Waals surface area (Å²) >= 11 is 13.1. The summed E-state index contributed by atoms with van der Waals surface area (Å²) in [6.45, 7) is 6.13. The molecule has 1 saturated carbocycles. The van der Waals surface area contributed by atoms with Crippen LogP contribution in [-0.4, -0.2) is 66.6 Å². The Morgan fingerprint density at radius 1 is 1.15 bits per heavy atom. The molecule has 0 radical (unpaired) electrons. The number of rotatable bonds is 7. The molecule has 206 valence electrons. The summed E-state index contributed by atoms with van der Waals surface area (Å²) in [5, 5.41) is 6.69. The molecule has 0 bridgehead atoms. The Labute approximate surface area is 239 Å². The summed E-state index contributed by atoms with van der Waals surface area (Å²) in [6, 6.07) is 12.3. The second kappa shape index (κ2) is 10.7. The number of carbonyl (C=O) groups excluding carboxylic acids is 1. The Morgan fingerprint density at radius 2 is 1.92 bits per heavy atom. The average molecular weight is 570 g/mol. The van der Waals surface area contributed by atoms with E-state index in [0.717, 1.165) is 54.8 Å². The SMILES string of the molecule is COC(=O)c1cn(C)c2cc(N3CCN(CCC4C(c5c(Cl)cccc5Cl)=NOC4C4CC4)CC3C)ccc12. The lowest BCUT2D eigenvalue weighted by Gasteiger charge is -2.41. The van der Waals surface area contributed by atoms with Crippen LogP contribution in [0.2, 0.25) is 10.0 Å². The van der Waals surface area contributed by atoms with Gasteiger partial charge in [-0.15, -0.1) is 0 Å². The number of hydrogen-bond donors (Lipinski definition) is 0. The van der Waals surface area contributed by atoms with Crippen molar-refractivity contribution in [2.75, 3.05) is 38.2 Å². The number of piperazine rings is 1. The zero-order valence-electron chi connectivity index (χ0n) is 22.6. The summed E-state index contributed by atoms with van der Waals surface area (Å²) in [4.78, 5) is 23.2. The quantitative estimate of drug-likeness (QED) is 0.327. The number of fused-ring (bicyclic) bond motifs is 1. The molecule has 3 unspecified atom stereocenters. The number of nitrogens with zero attached hydrogens (tertiary/aromatic N) is 4. The Bertz CT molecular complexity index is 1410. The molecule has 6 rings (SSSR count). The molecule has 0 spiro atoms. The van der Waals surface area contributed by atoms with Crippen molar-refractivity contribution < 1.29 is 14.4 Å². The van der Waals surface area contributed by atoms with Crippen molar-refractivity contribution in [3.63, 3.8) is 0 Å². The largest absolute Gasteiger partial charge is 0.465 e. The van der Waals surface area contributed by atoms with Crippen molar-refractivity contribution in [1.29, 1.82) is 0 Å². The zero-order chi connectivity index (χ0) is 27.3. The van der Waals surface area contributed by atoms with Crippen molar-refractivity contribution in [3.05, 3.63) is 63.8 Å². The molecule has 39 heavy (non-hydrogen) atoms. The molecule has 3 heterocycles. The van der Waals surface area contributed by atoms with Crippen LogP contribution in [-0.2, 0) is 16.6 Å². The van der Waals surface area contributed by atoms with Crippen molar-refractivity contribution in [1.82, 2.24) is 9.47 Å². The first-order chi connectivity index (χ1) is 18.9. The Morgan fingerprint density at radius 3 is 2.62 bits per heavy atom. The Balaban J connectivity index is 1.14. The minimum absolute atomic E-state index is 0.109. The fourth-order valence-corrected chi connectivity index (χ4v) is 6.88. The first-order valence-corrected chi connectivity index (χ1v) is 14.5. The van der Waals surface area contributed by atoms with Crippen molar-refractivity contribution >= 4 is 51.5 Å². The lowest BCUT2D eigenvalue weighted by molar-refractivity contribution is 0.0406. The first-order valence-electron chi connectivity index (χ1n) is 13.7. The number of methoxy groups -OCH3 is 1. The smallest absolute Gasteiger partial charge is 0.340 e. The average Bonchev–Trinajstić information content (AvgIpc) is 3.61. The predicted octanol–water partition coefficient (Wildman–Crippen LogP) is 6.00.